The summed E-state index contributed by atoms with van der Waals surface area (Å²) in [6, 6.07) is 11.2. The lowest BCUT2D eigenvalue weighted by atomic mass is 10.0. The third-order valence-corrected chi connectivity index (χ3v) is 6.78. The minimum atomic E-state index is -0.346. The van der Waals surface area contributed by atoms with E-state index in [1.807, 2.05) is 24.3 Å². The van der Waals surface area contributed by atoms with Gasteiger partial charge < -0.3 is 25.0 Å². The van der Waals surface area contributed by atoms with E-state index in [9.17, 15) is 4.79 Å². The molecule has 0 unspecified atom stereocenters. The molecule has 4 aromatic rings. The van der Waals surface area contributed by atoms with Crippen molar-refractivity contribution in [1.82, 2.24) is 19.9 Å². The van der Waals surface area contributed by atoms with Gasteiger partial charge in [0.1, 0.15) is 17.6 Å². The fourth-order valence-electron chi connectivity index (χ4n) is 4.52. The standard InChI is InChI=1S/C29H29ClN6O3/c1-4-27(37)33-24-13-23(25(38-3)14-26(24)39-21-8-10-36(2)11-9-21)34-29-32-16-18-6-5-7-22(28(18)35-29)19-12-20(30)17-31-15-19/h4-7,12-17,21H,1,8-11H2,2-3H3,(H,33,37)(H,32,34,35). The molecule has 3 heterocycles. The fraction of sp³-hybridized carbons (Fsp3) is 0.241. The molecule has 2 N–H and O–H groups in total. The number of nitrogens with zero attached hydrogens (tertiary/aromatic N) is 4. The van der Waals surface area contributed by atoms with Gasteiger partial charge in [0.2, 0.25) is 11.9 Å². The van der Waals surface area contributed by atoms with Gasteiger partial charge in [0.05, 0.1) is 29.0 Å². The van der Waals surface area contributed by atoms with Gasteiger partial charge in [-0.2, -0.15) is 0 Å². The molecule has 0 bridgehead atoms. The van der Waals surface area contributed by atoms with Gasteiger partial charge in [-0.1, -0.05) is 36.4 Å². The van der Waals surface area contributed by atoms with Crippen LogP contribution in [0.2, 0.25) is 5.02 Å². The zero-order valence-corrected chi connectivity index (χ0v) is 22.5. The average Bonchev–Trinajstić information content (AvgIpc) is 2.95. The SMILES string of the molecule is C=CC(=O)Nc1cc(Nc2ncc3cccc(-c4cncc(Cl)c4)c3n2)c(OC)cc1OC1CCN(C)CC1. The van der Waals surface area contributed by atoms with Gasteiger partial charge in [-0.05, 0) is 38.1 Å². The van der Waals surface area contributed by atoms with Crippen LogP contribution in [0.4, 0.5) is 17.3 Å². The number of rotatable bonds is 8. The molecule has 5 rings (SSSR count). The molecule has 0 aliphatic carbocycles. The molecule has 1 aliphatic rings. The molecule has 0 radical (unpaired) electrons. The predicted molar refractivity (Wildman–Crippen MR) is 154 cm³/mol. The molecule has 0 atom stereocenters. The van der Waals surface area contributed by atoms with Crippen molar-refractivity contribution in [3.63, 3.8) is 0 Å². The maximum absolute atomic E-state index is 12.3. The summed E-state index contributed by atoms with van der Waals surface area (Å²) in [7, 11) is 3.67. The van der Waals surface area contributed by atoms with E-state index in [0.717, 1.165) is 48.0 Å². The zero-order valence-electron chi connectivity index (χ0n) is 21.8. The number of benzene rings is 2. The summed E-state index contributed by atoms with van der Waals surface area (Å²) in [5.41, 5.74) is 3.52. The summed E-state index contributed by atoms with van der Waals surface area (Å²) in [6.45, 7) is 5.46. The van der Waals surface area contributed by atoms with Crippen LogP contribution in [0.5, 0.6) is 11.5 Å². The lowest BCUT2D eigenvalue weighted by Gasteiger charge is -2.30. The van der Waals surface area contributed by atoms with E-state index in [1.54, 1.807) is 37.8 Å². The predicted octanol–water partition coefficient (Wildman–Crippen LogP) is 5.69. The summed E-state index contributed by atoms with van der Waals surface area (Å²) < 4.78 is 12.0. The number of ether oxygens (including phenoxy) is 2. The summed E-state index contributed by atoms with van der Waals surface area (Å²) in [5, 5.41) is 7.51. The van der Waals surface area contributed by atoms with Crippen molar-refractivity contribution in [2.24, 2.45) is 0 Å². The third-order valence-electron chi connectivity index (χ3n) is 6.58. The molecule has 0 spiro atoms. The van der Waals surface area contributed by atoms with E-state index in [-0.39, 0.29) is 12.0 Å². The smallest absolute Gasteiger partial charge is 0.247 e. The van der Waals surface area contributed by atoms with Crippen molar-refractivity contribution in [2.45, 2.75) is 18.9 Å². The van der Waals surface area contributed by atoms with Crippen LogP contribution in [0.25, 0.3) is 22.0 Å². The first kappa shape index (κ1) is 26.4. The number of fused-ring (bicyclic) bond motifs is 1. The number of para-hydroxylation sites is 1. The van der Waals surface area contributed by atoms with Crippen molar-refractivity contribution in [3.8, 4) is 22.6 Å². The highest BCUT2D eigenvalue weighted by atomic mass is 35.5. The molecule has 39 heavy (non-hydrogen) atoms. The van der Waals surface area contributed by atoms with Crippen molar-refractivity contribution in [3.05, 3.63) is 72.7 Å². The number of carbonyl (C=O) groups is 1. The Hall–Kier alpha value is -4.21. The van der Waals surface area contributed by atoms with Crippen LogP contribution in [-0.2, 0) is 4.79 Å². The van der Waals surface area contributed by atoms with Gasteiger partial charge in [0.15, 0.2) is 0 Å². The topological polar surface area (TPSA) is 102 Å². The summed E-state index contributed by atoms with van der Waals surface area (Å²) >= 11 is 6.19. The van der Waals surface area contributed by atoms with Gasteiger partial charge in [0, 0.05) is 54.3 Å². The van der Waals surface area contributed by atoms with Crippen molar-refractivity contribution >= 4 is 45.7 Å². The zero-order chi connectivity index (χ0) is 27.4. The van der Waals surface area contributed by atoms with E-state index in [4.69, 9.17) is 26.1 Å². The maximum atomic E-state index is 12.3. The average molecular weight is 545 g/mol. The highest BCUT2D eigenvalue weighted by Gasteiger charge is 2.22. The van der Waals surface area contributed by atoms with Gasteiger partial charge in [0.25, 0.3) is 0 Å². The first-order valence-electron chi connectivity index (χ1n) is 12.6. The molecule has 10 heteroatoms. The number of aromatic nitrogens is 3. The Bertz CT molecular complexity index is 1520. The number of nitrogens with one attached hydrogen (secondary N) is 2. The van der Waals surface area contributed by atoms with Crippen LogP contribution in [0.1, 0.15) is 12.8 Å². The van der Waals surface area contributed by atoms with Gasteiger partial charge >= 0.3 is 0 Å². The molecule has 1 fully saturated rings. The quantitative estimate of drug-likeness (QED) is 0.273. The summed E-state index contributed by atoms with van der Waals surface area (Å²) in [4.78, 5) is 28.0. The van der Waals surface area contributed by atoms with Crippen LogP contribution in [0.3, 0.4) is 0 Å². The molecular weight excluding hydrogens is 516 g/mol. The highest BCUT2D eigenvalue weighted by Crippen LogP contribution is 2.39. The highest BCUT2D eigenvalue weighted by molar-refractivity contribution is 6.30. The van der Waals surface area contributed by atoms with Crippen LogP contribution in [-0.4, -0.2) is 59.1 Å². The number of pyridine rings is 1. The van der Waals surface area contributed by atoms with Crippen molar-refractivity contribution in [2.75, 3.05) is 37.9 Å². The fourth-order valence-corrected chi connectivity index (χ4v) is 4.69. The monoisotopic (exact) mass is 544 g/mol. The summed E-state index contributed by atoms with van der Waals surface area (Å²) in [6.07, 6.45) is 8.12. The van der Waals surface area contributed by atoms with Crippen molar-refractivity contribution < 1.29 is 14.3 Å². The molecule has 200 valence electrons. The van der Waals surface area contributed by atoms with E-state index in [2.05, 4.69) is 39.1 Å². The number of amides is 1. The molecule has 2 aromatic heterocycles. The lowest BCUT2D eigenvalue weighted by molar-refractivity contribution is -0.111. The summed E-state index contributed by atoms with van der Waals surface area (Å²) in [5.74, 6) is 1.05. The molecule has 1 amide bonds. The van der Waals surface area contributed by atoms with E-state index in [1.165, 1.54) is 6.08 Å². The second kappa shape index (κ2) is 11.7. The van der Waals surface area contributed by atoms with E-state index in [0.29, 0.717) is 33.8 Å². The normalized spacial score (nSPS) is 14.1. The third kappa shape index (κ3) is 6.10. The van der Waals surface area contributed by atoms with Gasteiger partial charge in [-0.25, -0.2) is 9.97 Å². The Labute approximate surface area is 231 Å². The number of likely N-dealkylation sites (tertiary alicyclic amines) is 1. The minimum Gasteiger partial charge on any atom is -0.494 e. The first-order valence-corrected chi connectivity index (χ1v) is 13.0. The number of hydrogen-bond donors (Lipinski definition) is 2. The Balaban J connectivity index is 1.50. The van der Waals surface area contributed by atoms with Crippen molar-refractivity contribution in [1.29, 1.82) is 0 Å². The Morgan fingerprint density at radius 2 is 1.95 bits per heavy atom. The lowest BCUT2D eigenvalue weighted by Crippen LogP contribution is -2.35. The number of piperidine rings is 1. The Kier molecular flexibility index (Phi) is 7.90. The number of halogens is 1. The molecule has 1 saturated heterocycles. The number of carbonyl (C=O) groups excluding carboxylic acids is 1. The Morgan fingerprint density at radius 1 is 1.13 bits per heavy atom. The minimum absolute atomic E-state index is 0.0346. The van der Waals surface area contributed by atoms with Gasteiger partial charge in [-0.15, -0.1) is 0 Å². The van der Waals surface area contributed by atoms with Crippen LogP contribution in [0, 0.1) is 0 Å². The van der Waals surface area contributed by atoms with Gasteiger partial charge in [-0.3, -0.25) is 9.78 Å². The number of methoxy groups -OCH3 is 1. The second-order valence-corrected chi connectivity index (χ2v) is 9.75. The Morgan fingerprint density at radius 3 is 2.69 bits per heavy atom. The molecule has 9 nitrogen and oxygen atoms in total. The molecule has 0 saturated carbocycles. The van der Waals surface area contributed by atoms with Crippen LogP contribution in [0.15, 0.2) is 67.6 Å². The molecular formula is C29H29ClN6O3. The van der Waals surface area contributed by atoms with E-state index >= 15 is 0 Å². The second-order valence-electron chi connectivity index (χ2n) is 9.32. The maximum Gasteiger partial charge on any atom is 0.247 e. The number of anilines is 3. The van der Waals surface area contributed by atoms with Crippen LogP contribution < -0.4 is 20.1 Å². The number of hydrogen-bond acceptors (Lipinski definition) is 8. The molecule has 1 aliphatic heterocycles. The van der Waals surface area contributed by atoms with E-state index < -0.39 is 0 Å². The first-order chi connectivity index (χ1) is 18.9. The largest absolute Gasteiger partial charge is 0.494 e. The van der Waals surface area contributed by atoms with Crippen LogP contribution >= 0.6 is 11.6 Å². The molecule has 2 aromatic carbocycles.